The van der Waals surface area contributed by atoms with Crippen LogP contribution in [0.1, 0.15) is 13.3 Å². The zero-order valence-electron chi connectivity index (χ0n) is 16.3. The summed E-state index contributed by atoms with van der Waals surface area (Å²) in [5.74, 6) is 0.880. The molecule has 0 aliphatic rings. The van der Waals surface area contributed by atoms with Gasteiger partial charge < -0.3 is 14.8 Å². The van der Waals surface area contributed by atoms with Crippen LogP contribution in [0.2, 0.25) is 0 Å². The smallest absolute Gasteiger partial charge is 0.243 e. The summed E-state index contributed by atoms with van der Waals surface area (Å²) < 4.78 is 36.4. The molecule has 0 heterocycles. The topological polar surface area (TPSA) is 84.9 Å². The highest BCUT2D eigenvalue weighted by Gasteiger charge is 2.28. The summed E-state index contributed by atoms with van der Waals surface area (Å²) in [7, 11) is -2.08. The average Bonchev–Trinajstić information content (AvgIpc) is 2.66. The lowest BCUT2D eigenvalue weighted by Gasteiger charge is -2.28. The van der Waals surface area contributed by atoms with Crippen molar-refractivity contribution in [3.63, 3.8) is 0 Å². The molecule has 7 nitrogen and oxygen atoms in total. The van der Waals surface area contributed by atoms with Crippen molar-refractivity contribution in [1.82, 2.24) is 5.32 Å². The lowest BCUT2D eigenvalue weighted by atomic mass is 10.2. The number of amides is 1. The maximum absolute atomic E-state index is 12.4. The van der Waals surface area contributed by atoms with Gasteiger partial charge >= 0.3 is 0 Å². The fourth-order valence-electron chi connectivity index (χ4n) is 2.67. The van der Waals surface area contributed by atoms with E-state index in [-0.39, 0.29) is 5.91 Å². The van der Waals surface area contributed by atoms with E-state index in [9.17, 15) is 13.2 Å². The minimum atomic E-state index is -3.66. The SMILES string of the molecule is COCCCNC(=O)C(C)N(c1ccc(Oc2ccccc2)cc1)S(C)(=O)=O. The highest BCUT2D eigenvalue weighted by Crippen LogP contribution is 2.26. The second-order valence-corrected chi connectivity index (χ2v) is 8.14. The lowest BCUT2D eigenvalue weighted by molar-refractivity contribution is -0.121. The van der Waals surface area contributed by atoms with Gasteiger partial charge in [-0.15, -0.1) is 0 Å². The predicted octanol–water partition coefficient (Wildman–Crippen LogP) is 2.79. The Morgan fingerprint density at radius 1 is 1.07 bits per heavy atom. The van der Waals surface area contributed by atoms with E-state index in [1.807, 2.05) is 30.3 Å². The number of sulfonamides is 1. The standard InChI is InChI=1S/C20H26N2O5S/c1-16(20(23)21-14-7-15-26-2)22(28(3,24)25)17-10-12-19(13-11-17)27-18-8-5-4-6-9-18/h4-6,8-13,16H,7,14-15H2,1-3H3,(H,21,23). The first-order valence-corrected chi connectivity index (χ1v) is 10.8. The summed E-state index contributed by atoms with van der Waals surface area (Å²) in [5, 5.41) is 2.73. The molecule has 0 aliphatic carbocycles. The summed E-state index contributed by atoms with van der Waals surface area (Å²) >= 11 is 0. The van der Waals surface area contributed by atoms with Crippen molar-refractivity contribution in [2.75, 3.05) is 30.8 Å². The molecule has 2 aromatic carbocycles. The number of anilines is 1. The molecule has 0 aliphatic heterocycles. The van der Waals surface area contributed by atoms with Crippen LogP contribution < -0.4 is 14.4 Å². The van der Waals surface area contributed by atoms with Crippen LogP contribution >= 0.6 is 0 Å². The Labute approximate surface area is 166 Å². The molecule has 0 bridgehead atoms. The van der Waals surface area contributed by atoms with Crippen LogP contribution in [0.25, 0.3) is 0 Å². The van der Waals surface area contributed by atoms with Crippen molar-refractivity contribution < 1.29 is 22.7 Å². The van der Waals surface area contributed by atoms with Gasteiger partial charge in [-0.05, 0) is 49.7 Å². The third kappa shape index (κ3) is 6.24. The Bertz CT molecular complexity index is 854. The predicted molar refractivity (Wildman–Crippen MR) is 109 cm³/mol. The number of carbonyl (C=O) groups is 1. The van der Waals surface area contributed by atoms with Gasteiger partial charge in [0.25, 0.3) is 0 Å². The largest absolute Gasteiger partial charge is 0.457 e. The van der Waals surface area contributed by atoms with Gasteiger partial charge in [0.15, 0.2) is 0 Å². The molecule has 0 saturated carbocycles. The first-order chi connectivity index (χ1) is 13.3. The maximum Gasteiger partial charge on any atom is 0.243 e. The second kappa shape index (κ2) is 10.1. The van der Waals surface area contributed by atoms with Gasteiger partial charge in [-0.1, -0.05) is 18.2 Å². The molecule has 1 amide bonds. The lowest BCUT2D eigenvalue weighted by Crippen LogP contribution is -2.48. The van der Waals surface area contributed by atoms with Crippen LogP contribution in [0.5, 0.6) is 11.5 Å². The molecule has 1 N–H and O–H groups in total. The second-order valence-electron chi connectivity index (χ2n) is 6.28. The number of benzene rings is 2. The molecule has 8 heteroatoms. The first kappa shape index (κ1) is 21.7. The van der Waals surface area contributed by atoms with Crippen molar-refractivity contribution >= 4 is 21.6 Å². The third-order valence-corrected chi connectivity index (χ3v) is 5.22. The molecular formula is C20H26N2O5S. The van der Waals surface area contributed by atoms with Crippen LogP contribution in [-0.2, 0) is 19.6 Å². The van der Waals surface area contributed by atoms with Gasteiger partial charge in [-0.2, -0.15) is 0 Å². The Morgan fingerprint density at radius 3 is 2.25 bits per heavy atom. The van der Waals surface area contributed by atoms with Gasteiger partial charge in [-0.25, -0.2) is 8.42 Å². The van der Waals surface area contributed by atoms with Gasteiger partial charge in [0.05, 0.1) is 11.9 Å². The number of nitrogens with zero attached hydrogens (tertiary/aromatic N) is 1. The van der Waals surface area contributed by atoms with Crippen LogP contribution in [0.3, 0.4) is 0 Å². The Morgan fingerprint density at radius 2 is 1.68 bits per heavy atom. The number of para-hydroxylation sites is 1. The number of ether oxygens (including phenoxy) is 2. The fraction of sp³-hybridized carbons (Fsp3) is 0.350. The quantitative estimate of drug-likeness (QED) is 0.613. The summed E-state index contributed by atoms with van der Waals surface area (Å²) in [4.78, 5) is 12.4. The molecular weight excluding hydrogens is 380 g/mol. The van der Waals surface area contributed by atoms with Crippen molar-refractivity contribution in [1.29, 1.82) is 0 Å². The molecule has 0 saturated heterocycles. The zero-order chi connectivity index (χ0) is 20.6. The summed E-state index contributed by atoms with van der Waals surface area (Å²) in [5.41, 5.74) is 0.391. The molecule has 0 radical (unpaired) electrons. The Kier molecular flexibility index (Phi) is 7.83. The van der Waals surface area contributed by atoms with Gasteiger partial charge in [0.2, 0.25) is 15.9 Å². The number of hydrogen-bond donors (Lipinski definition) is 1. The first-order valence-electron chi connectivity index (χ1n) is 8.92. The Hall–Kier alpha value is -2.58. The van der Waals surface area contributed by atoms with Crippen LogP contribution in [0.4, 0.5) is 5.69 Å². The van der Waals surface area contributed by atoms with E-state index in [0.717, 1.165) is 10.6 Å². The van der Waals surface area contributed by atoms with E-state index in [1.54, 1.807) is 38.3 Å². The molecule has 152 valence electrons. The Balaban J connectivity index is 2.13. The van der Waals surface area contributed by atoms with Crippen LogP contribution in [0, 0.1) is 0 Å². The van der Waals surface area contributed by atoms with E-state index in [0.29, 0.717) is 36.8 Å². The third-order valence-electron chi connectivity index (χ3n) is 3.98. The van der Waals surface area contributed by atoms with Crippen molar-refractivity contribution in [3.05, 3.63) is 54.6 Å². The number of rotatable bonds is 10. The van der Waals surface area contributed by atoms with Gasteiger partial charge in [0.1, 0.15) is 17.5 Å². The maximum atomic E-state index is 12.4. The van der Waals surface area contributed by atoms with E-state index in [2.05, 4.69) is 5.32 Å². The molecule has 0 fully saturated rings. The molecule has 2 rings (SSSR count). The molecule has 2 aromatic rings. The molecule has 28 heavy (non-hydrogen) atoms. The zero-order valence-corrected chi connectivity index (χ0v) is 17.1. The summed E-state index contributed by atoms with van der Waals surface area (Å²) in [6, 6.07) is 15.0. The number of methoxy groups -OCH3 is 1. The molecule has 0 aromatic heterocycles. The summed E-state index contributed by atoms with van der Waals surface area (Å²) in [6.45, 7) is 2.49. The average molecular weight is 407 g/mol. The normalized spacial score (nSPS) is 12.2. The highest BCUT2D eigenvalue weighted by atomic mass is 32.2. The van der Waals surface area contributed by atoms with Crippen molar-refractivity contribution in [2.24, 2.45) is 0 Å². The number of hydrogen-bond acceptors (Lipinski definition) is 5. The van der Waals surface area contributed by atoms with E-state index < -0.39 is 16.1 Å². The van der Waals surface area contributed by atoms with E-state index >= 15 is 0 Å². The van der Waals surface area contributed by atoms with Gasteiger partial charge in [-0.3, -0.25) is 9.10 Å². The minimum absolute atomic E-state index is 0.369. The number of carbonyl (C=O) groups excluding carboxylic acids is 1. The summed E-state index contributed by atoms with van der Waals surface area (Å²) in [6.07, 6.45) is 1.73. The molecule has 0 spiro atoms. The number of nitrogens with one attached hydrogen (secondary N) is 1. The van der Waals surface area contributed by atoms with Gasteiger partial charge in [0, 0.05) is 20.3 Å². The molecule has 1 unspecified atom stereocenters. The molecule has 1 atom stereocenters. The minimum Gasteiger partial charge on any atom is -0.457 e. The van der Waals surface area contributed by atoms with Crippen molar-refractivity contribution in [2.45, 2.75) is 19.4 Å². The van der Waals surface area contributed by atoms with E-state index in [1.165, 1.54) is 0 Å². The fourth-order valence-corrected chi connectivity index (χ4v) is 3.85. The van der Waals surface area contributed by atoms with Crippen LogP contribution in [-0.4, -0.2) is 46.9 Å². The van der Waals surface area contributed by atoms with Crippen molar-refractivity contribution in [3.8, 4) is 11.5 Å². The van der Waals surface area contributed by atoms with Crippen LogP contribution in [0.15, 0.2) is 54.6 Å². The highest BCUT2D eigenvalue weighted by molar-refractivity contribution is 7.92. The van der Waals surface area contributed by atoms with E-state index in [4.69, 9.17) is 9.47 Å². The monoisotopic (exact) mass is 406 g/mol.